The second kappa shape index (κ2) is 3.73. The maximum atomic E-state index is 13.5. The van der Waals surface area contributed by atoms with Gasteiger partial charge in [-0.05, 0) is 25.5 Å². The Morgan fingerprint density at radius 3 is 2.40 bits per heavy atom. The molecule has 0 spiro atoms. The van der Waals surface area contributed by atoms with E-state index in [4.69, 9.17) is 0 Å². The van der Waals surface area contributed by atoms with Crippen molar-refractivity contribution in [3.05, 3.63) is 41.7 Å². The lowest BCUT2D eigenvalue weighted by Gasteiger charge is -2.02. The number of rotatable bonds is 1. The third-order valence-corrected chi connectivity index (χ3v) is 2.00. The summed E-state index contributed by atoms with van der Waals surface area (Å²) < 4.78 is 13.5. The molecule has 4 heteroatoms. The van der Waals surface area contributed by atoms with Crippen molar-refractivity contribution in [1.82, 2.24) is 15.0 Å². The fourth-order valence-corrected chi connectivity index (χ4v) is 1.24. The van der Waals surface area contributed by atoms with Crippen molar-refractivity contribution < 1.29 is 4.39 Å². The highest BCUT2D eigenvalue weighted by atomic mass is 19.1. The summed E-state index contributed by atoms with van der Waals surface area (Å²) in [5, 5.41) is 0. The van der Waals surface area contributed by atoms with Crippen LogP contribution in [-0.4, -0.2) is 15.0 Å². The molecule has 0 aliphatic carbocycles. The molecule has 0 bridgehead atoms. The van der Waals surface area contributed by atoms with Crippen molar-refractivity contribution >= 4 is 0 Å². The summed E-state index contributed by atoms with van der Waals surface area (Å²) in [7, 11) is 0. The quantitative estimate of drug-likeness (QED) is 0.713. The number of aryl methyl sites for hydroxylation is 2. The predicted molar refractivity (Wildman–Crippen MR) is 54.7 cm³/mol. The van der Waals surface area contributed by atoms with Crippen LogP contribution in [0.25, 0.3) is 11.4 Å². The molecule has 2 rings (SSSR count). The van der Waals surface area contributed by atoms with Gasteiger partial charge in [0.15, 0.2) is 5.82 Å². The molecule has 3 nitrogen and oxygen atoms in total. The Morgan fingerprint density at radius 1 is 1.00 bits per heavy atom. The molecule has 2 heterocycles. The zero-order valence-corrected chi connectivity index (χ0v) is 8.53. The van der Waals surface area contributed by atoms with Crippen molar-refractivity contribution in [2.24, 2.45) is 0 Å². The minimum Gasteiger partial charge on any atom is -0.258 e. The fraction of sp³-hybridized carbons (Fsp3) is 0.182. The van der Waals surface area contributed by atoms with Gasteiger partial charge in [0.2, 0.25) is 0 Å². The molecule has 76 valence electrons. The maximum Gasteiger partial charge on any atom is 0.151 e. The van der Waals surface area contributed by atoms with Crippen LogP contribution in [-0.2, 0) is 0 Å². The van der Waals surface area contributed by atoms with Crippen LogP contribution < -0.4 is 0 Å². The van der Waals surface area contributed by atoms with Gasteiger partial charge in [0, 0.05) is 12.4 Å². The Hall–Kier alpha value is -1.84. The van der Waals surface area contributed by atoms with E-state index in [1.165, 1.54) is 12.3 Å². The minimum atomic E-state index is -0.367. The number of pyridine rings is 1. The van der Waals surface area contributed by atoms with E-state index in [2.05, 4.69) is 15.0 Å². The van der Waals surface area contributed by atoms with Crippen LogP contribution in [0.4, 0.5) is 4.39 Å². The van der Waals surface area contributed by atoms with Crippen molar-refractivity contribution in [2.75, 3.05) is 0 Å². The highest BCUT2D eigenvalue weighted by Crippen LogP contribution is 2.17. The molecule has 0 radical (unpaired) electrons. The van der Waals surface area contributed by atoms with Gasteiger partial charge in [0.1, 0.15) is 11.4 Å². The zero-order chi connectivity index (χ0) is 10.8. The van der Waals surface area contributed by atoms with Gasteiger partial charge < -0.3 is 0 Å². The van der Waals surface area contributed by atoms with Crippen molar-refractivity contribution in [3.63, 3.8) is 0 Å². The number of aromatic nitrogens is 3. The van der Waals surface area contributed by atoms with Crippen LogP contribution in [0, 0.1) is 19.7 Å². The van der Waals surface area contributed by atoms with E-state index < -0.39 is 0 Å². The van der Waals surface area contributed by atoms with Gasteiger partial charge in [0.05, 0.1) is 11.9 Å². The number of hydrogen-bond acceptors (Lipinski definition) is 3. The summed E-state index contributed by atoms with van der Waals surface area (Å²) in [6.45, 7) is 3.62. The maximum absolute atomic E-state index is 13.5. The van der Waals surface area contributed by atoms with Gasteiger partial charge >= 0.3 is 0 Å². The molecule has 15 heavy (non-hydrogen) atoms. The van der Waals surface area contributed by atoms with Crippen molar-refractivity contribution in [2.45, 2.75) is 13.8 Å². The molecule has 0 aliphatic rings. The molecule has 0 fully saturated rings. The van der Waals surface area contributed by atoms with Gasteiger partial charge in [-0.1, -0.05) is 0 Å². The third kappa shape index (κ3) is 1.98. The van der Waals surface area contributed by atoms with Crippen molar-refractivity contribution in [1.29, 1.82) is 0 Å². The second-order valence-corrected chi connectivity index (χ2v) is 3.39. The first-order valence-electron chi connectivity index (χ1n) is 4.58. The average Bonchev–Trinajstić information content (AvgIpc) is 2.20. The van der Waals surface area contributed by atoms with Crippen LogP contribution >= 0.6 is 0 Å². The van der Waals surface area contributed by atoms with E-state index in [0.717, 1.165) is 11.3 Å². The molecule has 0 unspecified atom stereocenters. The summed E-state index contributed by atoms with van der Waals surface area (Å²) in [6.07, 6.45) is 4.73. The third-order valence-electron chi connectivity index (χ3n) is 2.00. The molecule has 0 saturated heterocycles. The summed E-state index contributed by atoms with van der Waals surface area (Å²) in [5.41, 5.74) is 2.29. The first-order valence-corrected chi connectivity index (χ1v) is 4.58. The lowest BCUT2D eigenvalue weighted by Crippen LogP contribution is -1.94. The van der Waals surface area contributed by atoms with E-state index in [-0.39, 0.29) is 11.5 Å². The summed E-state index contributed by atoms with van der Waals surface area (Å²) in [5.74, 6) is -0.367. The molecular formula is C11H10FN3. The Kier molecular flexibility index (Phi) is 2.41. The highest BCUT2D eigenvalue weighted by molar-refractivity contribution is 5.53. The van der Waals surface area contributed by atoms with E-state index in [1.54, 1.807) is 19.3 Å². The van der Waals surface area contributed by atoms with Crippen molar-refractivity contribution in [3.8, 4) is 11.4 Å². The van der Waals surface area contributed by atoms with Gasteiger partial charge in [0.25, 0.3) is 0 Å². The SMILES string of the molecule is Cc1cnc(-c2cnc(C)cn2)c(F)c1. The summed E-state index contributed by atoms with van der Waals surface area (Å²) in [4.78, 5) is 12.1. The fourth-order valence-electron chi connectivity index (χ4n) is 1.24. The topological polar surface area (TPSA) is 38.7 Å². The molecule has 2 aromatic heterocycles. The lowest BCUT2D eigenvalue weighted by atomic mass is 10.2. The predicted octanol–water partition coefficient (Wildman–Crippen LogP) is 2.29. The number of halogens is 1. The zero-order valence-electron chi connectivity index (χ0n) is 8.53. The van der Waals surface area contributed by atoms with Gasteiger partial charge in [-0.3, -0.25) is 15.0 Å². The largest absolute Gasteiger partial charge is 0.258 e. The van der Waals surface area contributed by atoms with Crippen LogP contribution in [0.3, 0.4) is 0 Å². The highest BCUT2D eigenvalue weighted by Gasteiger charge is 2.08. The van der Waals surface area contributed by atoms with E-state index >= 15 is 0 Å². The van der Waals surface area contributed by atoms with E-state index in [9.17, 15) is 4.39 Å². The minimum absolute atomic E-state index is 0.244. The molecule has 0 aromatic carbocycles. The Bertz CT molecular complexity index is 480. The molecule has 0 saturated carbocycles. The van der Waals surface area contributed by atoms with Crippen LogP contribution in [0.15, 0.2) is 24.7 Å². The Morgan fingerprint density at radius 2 is 1.80 bits per heavy atom. The molecule has 0 N–H and O–H groups in total. The van der Waals surface area contributed by atoms with Crippen LogP contribution in [0.5, 0.6) is 0 Å². The molecule has 0 aliphatic heterocycles. The molecule has 2 aromatic rings. The standard InChI is InChI=1S/C11H10FN3/c1-7-3-9(12)11(15-4-7)10-6-13-8(2)5-14-10/h3-6H,1-2H3. The number of hydrogen-bond donors (Lipinski definition) is 0. The first kappa shape index (κ1) is 9.71. The second-order valence-electron chi connectivity index (χ2n) is 3.39. The first-order chi connectivity index (χ1) is 7.16. The molecule has 0 amide bonds. The van der Waals surface area contributed by atoms with Gasteiger partial charge in [-0.2, -0.15) is 0 Å². The normalized spacial score (nSPS) is 10.3. The Labute approximate surface area is 87.0 Å². The van der Waals surface area contributed by atoms with E-state index in [1.807, 2.05) is 6.92 Å². The molecule has 0 atom stereocenters. The van der Waals surface area contributed by atoms with E-state index in [0.29, 0.717) is 5.69 Å². The van der Waals surface area contributed by atoms with Crippen LogP contribution in [0.2, 0.25) is 0 Å². The summed E-state index contributed by atoms with van der Waals surface area (Å²) >= 11 is 0. The molecular weight excluding hydrogens is 193 g/mol. The van der Waals surface area contributed by atoms with Crippen LogP contribution in [0.1, 0.15) is 11.3 Å². The van der Waals surface area contributed by atoms with Gasteiger partial charge in [-0.25, -0.2) is 4.39 Å². The Balaban J connectivity index is 2.49. The van der Waals surface area contributed by atoms with Gasteiger partial charge in [-0.15, -0.1) is 0 Å². The number of nitrogens with zero attached hydrogens (tertiary/aromatic N) is 3. The summed E-state index contributed by atoms with van der Waals surface area (Å²) in [6, 6.07) is 1.43. The smallest absolute Gasteiger partial charge is 0.151 e. The monoisotopic (exact) mass is 203 g/mol. The lowest BCUT2D eigenvalue weighted by molar-refractivity contribution is 0.623. The average molecular weight is 203 g/mol.